The molecule has 2 saturated carbocycles. The summed E-state index contributed by atoms with van der Waals surface area (Å²) in [6, 6.07) is 6.22. The smallest absolute Gasteiger partial charge is 0.272 e. The van der Waals surface area contributed by atoms with Gasteiger partial charge in [0.05, 0.1) is 6.21 Å². The summed E-state index contributed by atoms with van der Waals surface area (Å²) in [6.45, 7) is 0. The maximum atomic E-state index is 13.9. The molecule has 0 aromatic heterocycles. The van der Waals surface area contributed by atoms with Crippen molar-refractivity contribution in [1.82, 2.24) is 5.43 Å². The number of fused-ring (bicyclic) bond motifs is 3. The van der Waals surface area contributed by atoms with E-state index in [-0.39, 0.29) is 5.56 Å². The molecular formula is C25H31FN2O6. The zero-order chi connectivity index (χ0) is 23.2. The highest BCUT2D eigenvalue weighted by atomic mass is 19.1. The minimum atomic E-state index is -0.979. The van der Waals surface area contributed by atoms with Crippen LogP contribution in [0.3, 0.4) is 0 Å². The Morgan fingerprint density at radius 3 is 2.21 bits per heavy atom. The number of hydrogen-bond acceptors (Lipinski definition) is 7. The highest BCUT2D eigenvalue weighted by molar-refractivity contribution is 5.85. The van der Waals surface area contributed by atoms with Crippen LogP contribution in [-0.4, -0.2) is 54.4 Å². The summed E-state index contributed by atoms with van der Waals surface area (Å²) in [7, 11) is 0. The molecule has 2 spiro atoms. The molecule has 1 N–H and O–H groups in total. The fourth-order valence-electron chi connectivity index (χ4n) is 5.98. The Kier molecular flexibility index (Phi) is 5.93. The third kappa shape index (κ3) is 4.07. The van der Waals surface area contributed by atoms with Gasteiger partial charge in [0.2, 0.25) is 0 Å². The van der Waals surface area contributed by atoms with E-state index in [1.807, 2.05) is 0 Å². The molecule has 3 aliphatic heterocycles. The molecule has 5 atom stereocenters. The Morgan fingerprint density at radius 2 is 1.50 bits per heavy atom. The van der Waals surface area contributed by atoms with Crippen molar-refractivity contribution in [3.05, 3.63) is 35.6 Å². The Labute approximate surface area is 198 Å². The van der Waals surface area contributed by atoms with E-state index in [9.17, 15) is 9.18 Å². The quantitative estimate of drug-likeness (QED) is 0.533. The number of hydrazone groups is 1. The van der Waals surface area contributed by atoms with Gasteiger partial charge in [0.1, 0.15) is 24.1 Å². The summed E-state index contributed by atoms with van der Waals surface area (Å²) >= 11 is 0. The molecule has 6 rings (SSSR count). The number of nitrogens with zero attached hydrogens (tertiary/aromatic N) is 1. The molecule has 5 fully saturated rings. The summed E-state index contributed by atoms with van der Waals surface area (Å²) in [6.07, 6.45) is 7.59. The molecule has 184 valence electrons. The van der Waals surface area contributed by atoms with Crippen LogP contribution in [0, 0.1) is 5.82 Å². The lowest BCUT2D eigenvalue weighted by molar-refractivity contribution is -0.247. The van der Waals surface area contributed by atoms with Gasteiger partial charge in [0.25, 0.3) is 5.91 Å². The molecule has 5 aliphatic rings. The zero-order valence-corrected chi connectivity index (χ0v) is 19.1. The van der Waals surface area contributed by atoms with Gasteiger partial charge in [-0.05, 0) is 31.7 Å². The number of nitrogens with one attached hydrogen (secondary N) is 1. The Hall–Kier alpha value is -1.91. The van der Waals surface area contributed by atoms with E-state index in [1.54, 1.807) is 18.2 Å². The monoisotopic (exact) mass is 474 g/mol. The van der Waals surface area contributed by atoms with E-state index in [0.717, 1.165) is 64.2 Å². The van der Waals surface area contributed by atoms with Crippen molar-refractivity contribution in [2.45, 2.75) is 106 Å². The van der Waals surface area contributed by atoms with Gasteiger partial charge in [0.15, 0.2) is 24.0 Å². The fourth-order valence-corrected chi connectivity index (χ4v) is 5.98. The Bertz CT molecular complexity index is 945. The molecule has 3 heterocycles. The lowest BCUT2D eigenvalue weighted by atomic mass is 9.94. The summed E-state index contributed by atoms with van der Waals surface area (Å²) in [5.41, 5.74) is 2.77. The van der Waals surface area contributed by atoms with Gasteiger partial charge in [-0.2, -0.15) is 5.10 Å². The van der Waals surface area contributed by atoms with Crippen molar-refractivity contribution >= 4 is 12.1 Å². The summed E-state index contributed by atoms with van der Waals surface area (Å²) in [5, 5.41) is 3.95. The highest BCUT2D eigenvalue weighted by Gasteiger charge is 2.65. The second-order valence-corrected chi connectivity index (χ2v) is 9.99. The first-order valence-electron chi connectivity index (χ1n) is 12.5. The zero-order valence-electron chi connectivity index (χ0n) is 19.1. The SMILES string of the molecule is O=C(N/N=C/c1ccccc1F)[C@H]1O[C@@H]2OC3(CCCCC3)O[C@@H]2[C@H]2OC3(CCCCC3)O[C@H]21. The summed E-state index contributed by atoms with van der Waals surface area (Å²) < 4.78 is 45.8. The van der Waals surface area contributed by atoms with E-state index in [0.29, 0.717) is 0 Å². The van der Waals surface area contributed by atoms with Crippen LogP contribution in [0.5, 0.6) is 0 Å². The molecule has 0 bridgehead atoms. The second-order valence-electron chi connectivity index (χ2n) is 9.99. The van der Waals surface area contributed by atoms with Gasteiger partial charge < -0.3 is 23.7 Å². The van der Waals surface area contributed by atoms with Crippen LogP contribution in [0.15, 0.2) is 29.4 Å². The normalized spacial score (nSPS) is 36.0. The predicted molar refractivity (Wildman–Crippen MR) is 118 cm³/mol. The molecule has 0 radical (unpaired) electrons. The highest BCUT2D eigenvalue weighted by Crippen LogP contribution is 2.50. The molecule has 8 nitrogen and oxygen atoms in total. The van der Waals surface area contributed by atoms with Gasteiger partial charge >= 0.3 is 0 Å². The molecule has 1 aromatic carbocycles. The summed E-state index contributed by atoms with van der Waals surface area (Å²) in [5.74, 6) is -2.30. The van der Waals surface area contributed by atoms with E-state index in [1.165, 1.54) is 12.3 Å². The second kappa shape index (κ2) is 8.95. The van der Waals surface area contributed by atoms with Crippen molar-refractivity contribution in [2.75, 3.05) is 0 Å². The number of benzene rings is 1. The van der Waals surface area contributed by atoms with Crippen molar-refractivity contribution in [2.24, 2.45) is 5.10 Å². The van der Waals surface area contributed by atoms with Crippen molar-refractivity contribution in [3.63, 3.8) is 0 Å². The van der Waals surface area contributed by atoms with Gasteiger partial charge in [-0.3, -0.25) is 4.79 Å². The van der Waals surface area contributed by atoms with Gasteiger partial charge in [-0.1, -0.05) is 31.0 Å². The molecule has 2 aliphatic carbocycles. The third-order valence-corrected chi connectivity index (χ3v) is 7.65. The average Bonchev–Trinajstić information content (AvgIpc) is 3.38. The van der Waals surface area contributed by atoms with Crippen LogP contribution in [0.25, 0.3) is 0 Å². The van der Waals surface area contributed by atoms with Gasteiger partial charge in [0, 0.05) is 31.2 Å². The molecule has 0 unspecified atom stereocenters. The minimum absolute atomic E-state index is 0.277. The van der Waals surface area contributed by atoms with E-state index >= 15 is 0 Å². The number of rotatable bonds is 3. The van der Waals surface area contributed by atoms with E-state index in [2.05, 4.69) is 10.5 Å². The molecule has 1 amide bonds. The molecule has 34 heavy (non-hydrogen) atoms. The largest absolute Gasteiger partial charge is 0.341 e. The number of amides is 1. The van der Waals surface area contributed by atoms with Gasteiger partial charge in [-0.25, -0.2) is 9.82 Å². The number of ether oxygens (including phenoxy) is 5. The Morgan fingerprint density at radius 1 is 0.882 bits per heavy atom. The first-order valence-corrected chi connectivity index (χ1v) is 12.5. The maximum absolute atomic E-state index is 13.9. The minimum Gasteiger partial charge on any atom is -0.341 e. The van der Waals surface area contributed by atoms with Crippen LogP contribution >= 0.6 is 0 Å². The van der Waals surface area contributed by atoms with E-state index < -0.39 is 54.0 Å². The average molecular weight is 475 g/mol. The number of carbonyl (C=O) groups is 1. The van der Waals surface area contributed by atoms with Crippen molar-refractivity contribution in [1.29, 1.82) is 0 Å². The van der Waals surface area contributed by atoms with Crippen LogP contribution in [0.1, 0.15) is 69.8 Å². The predicted octanol–water partition coefficient (Wildman–Crippen LogP) is 3.52. The number of carbonyl (C=O) groups excluding carboxylic acids is 1. The third-order valence-electron chi connectivity index (χ3n) is 7.65. The molecule has 3 saturated heterocycles. The van der Waals surface area contributed by atoms with Crippen LogP contribution in [0.2, 0.25) is 0 Å². The summed E-state index contributed by atoms with van der Waals surface area (Å²) in [4.78, 5) is 13.2. The topological polar surface area (TPSA) is 87.6 Å². The lowest BCUT2D eigenvalue weighted by Gasteiger charge is -2.36. The van der Waals surface area contributed by atoms with E-state index in [4.69, 9.17) is 23.7 Å². The van der Waals surface area contributed by atoms with Crippen molar-refractivity contribution < 1.29 is 32.9 Å². The van der Waals surface area contributed by atoms with Crippen molar-refractivity contribution in [3.8, 4) is 0 Å². The number of hydrogen-bond donors (Lipinski definition) is 1. The molecule has 9 heteroatoms. The van der Waals surface area contributed by atoms with Crippen LogP contribution in [0.4, 0.5) is 4.39 Å². The van der Waals surface area contributed by atoms with Crippen LogP contribution in [-0.2, 0) is 28.5 Å². The lowest BCUT2D eigenvalue weighted by Crippen LogP contribution is -2.59. The van der Waals surface area contributed by atoms with Crippen LogP contribution < -0.4 is 5.43 Å². The van der Waals surface area contributed by atoms with Gasteiger partial charge in [-0.15, -0.1) is 0 Å². The fraction of sp³-hybridized carbons (Fsp3) is 0.680. The Balaban J connectivity index is 1.22. The standard InChI is InChI=1S/C25H31FN2O6/c26-17-10-4-3-9-16(17)15-27-28-22(29)20-18-19(32-24(31-18)11-5-1-6-12-24)21-23(30-20)34-25(33-21)13-7-2-8-14-25/h3-4,9-10,15,18-21,23H,1-2,5-8,11-14H2,(H,28,29)/b27-15+/t18-,19+,20+,21-,23-/m1/s1. The maximum Gasteiger partial charge on any atom is 0.272 e. The first kappa shape index (κ1) is 22.5. The first-order chi connectivity index (χ1) is 16.6. The molecular weight excluding hydrogens is 443 g/mol. The number of halogens is 1. The molecule has 1 aromatic rings.